The van der Waals surface area contributed by atoms with Gasteiger partial charge in [-0.2, -0.15) is 4.89 Å². The van der Waals surface area contributed by atoms with Crippen LogP contribution in [0.1, 0.15) is 43.1 Å². The first kappa shape index (κ1) is 13.7. The quantitative estimate of drug-likeness (QED) is 0.558. The van der Waals surface area contributed by atoms with Crippen molar-refractivity contribution in [2.24, 2.45) is 5.92 Å². The van der Waals surface area contributed by atoms with Crippen LogP contribution in [0.15, 0.2) is 24.3 Å². The second-order valence-corrected chi connectivity index (χ2v) is 4.29. The average Bonchev–Trinajstić information content (AvgIpc) is 2.30. The van der Waals surface area contributed by atoms with Crippen molar-refractivity contribution in [3.8, 4) is 0 Å². The molecule has 0 spiro atoms. The molecular weight excluding hydrogens is 216 g/mol. The van der Waals surface area contributed by atoms with Crippen LogP contribution in [0.5, 0.6) is 0 Å². The largest absolute Gasteiger partial charge is 0.373 e. The smallest absolute Gasteiger partial charge is 0.292 e. The molecule has 17 heavy (non-hydrogen) atoms. The van der Waals surface area contributed by atoms with Crippen molar-refractivity contribution in [2.75, 3.05) is 0 Å². The summed E-state index contributed by atoms with van der Waals surface area (Å²) < 4.78 is 0. The highest BCUT2D eigenvalue weighted by molar-refractivity contribution is 5.88. The Hall–Kier alpha value is -1.35. The Morgan fingerprint density at radius 2 is 1.94 bits per heavy atom. The summed E-state index contributed by atoms with van der Waals surface area (Å²) in [4.78, 5) is 20.9. The van der Waals surface area contributed by atoms with E-state index in [2.05, 4.69) is 11.8 Å². The van der Waals surface area contributed by atoms with E-state index in [0.29, 0.717) is 5.56 Å². The lowest BCUT2D eigenvalue weighted by Crippen LogP contribution is -2.06. The van der Waals surface area contributed by atoms with Gasteiger partial charge in [-0.25, -0.2) is 4.79 Å². The molecule has 1 radical (unpaired) electrons. The van der Waals surface area contributed by atoms with Crippen molar-refractivity contribution < 1.29 is 14.6 Å². The topological polar surface area (TPSA) is 35.5 Å². The first-order valence-electron chi connectivity index (χ1n) is 5.93. The maximum Gasteiger partial charge on any atom is 0.373 e. The molecule has 1 aromatic carbocycles. The van der Waals surface area contributed by atoms with Crippen molar-refractivity contribution >= 4 is 5.97 Å². The van der Waals surface area contributed by atoms with Gasteiger partial charge in [0.05, 0.1) is 5.56 Å². The fourth-order valence-electron chi connectivity index (χ4n) is 1.33. The molecule has 0 aliphatic rings. The molecule has 1 aromatic rings. The van der Waals surface area contributed by atoms with Crippen LogP contribution in [-0.4, -0.2) is 5.97 Å². The van der Waals surface area contributed by atoms with Gasteiger partial charge in [-0.3, -0.25) is 4.89 Å². The van der Waals surface area contributed by atoms with Gasteiger partial charge in [0.25, 0.3) is 0 Å². The summed E-state index contributed by atoms with van der Waals surface area (Å²) in [6.07, 6.45) is 2.11. The van der Waals surface area contributed by atoms with Crippen LogP contribution in [-0.2, 0) is 16.2 Å². The van der Waals surface area contributed by atoms with Crippen molar-refractivity contribution in [1.82, 2.24) is 0 Å². The number of rotatable bonds is 6. The van der Waals surface area contributed by atoms with E-state index < -0.39 is 5.97 Å². The molecule has 0 fully saturated rings. The van der Waals surface area contributed by atoms with Gasteiger partial charge in [0.1, 0.15) is 6.61 Å². The minimum Gasteiger partial charge on any atom is -0.292 e. The maximum atomic E-state index is 11.5. The van der Waals surface area contributed by atoms with Gasteiger partial charge in [-0.15, -0.1) is 0 Å². The standard InChI is InChI=1S/C14H19O3/c1-4-5-12-6-8-13(9-7-12)14(15)17-16-10-11(2)3/h6-11H,4-5H2,1-3H3. The van der Waals surface area contributed by atoms with Crippen LogP contribution in [0, 0.1) is 12.5 Å². The molecule has 3 nitrogen and oxygen atoms in total. The third-order valence-electron chi connectivity index (χ3n) is 2.18. The van der Waals surface area contributed by atoms with E-state index in [-0.39, 0.29) is 5.92 Å². The van der Waals surface area contributed by atoms with Crippen molar-refractivity contribution in [3.05, 3.63) is 42.0 Å². The fourth-order valence-corrected chi connectivity index (χ4v) is 1.33. The molecule has 1 rings (SSSR count). The lowest BCUT2D eigenvalue weighted by atomic mass is 10.1. The summed E-state index contributed by atoms with van der Waals surface area (Å²) in [5.41, 5.74) is 1.72. The number of carbonyl (C=O) groups is 1. The van der Waals surface area contributed by atoms with Crippen LogP contribution < -0.4 is 0 Å². The summed E-state index contributed by atoms with van der Waals surface area (Å²) in [5, 5.41) is 0. The lowest BCUT2D eigenvalue weighted by molar-refractivity contribution is -0.217. The molecule has 0 heterocycles. The molecule has 0 unspecified atom stereocenters. The summed E-state index contributed by atoms with van der Waals surface area (Å²) in [5.74, 6) is -0.250. The molecule has 0 aliphatic carbocycles. The zero-order valence-electron chi connectivity index (χ0n) is 10.6. The van der Waals surface area contributed by atoms with E-state index >= 15 is 0 Å². The third kappa shape index (κ3) is 5.00. The van der Waals surface area contributed by atoms with Gasteiger partial charge in [-0.1, -0.05) is 39.3 Å². The van der Waals surface area contributed by atoms with E-state index in [1.165, 1.54) is 12.2 Å². The Morgan fingerprint density at radius 1 is 1.29 bits per heavy atom. The highest BCUT2D eigenvalue weighted by Crippen LogP contribution is 2.09. The number of benzene rings is 1. The van der Waals surface area contributed by atoms with E-state index in [9.17, 15) is 4.79 Å². The van der Waals surface area contributed by atoms with Crippen LogP contribution in [0.2, 0.25) is 0 Å². The summed E-state index contributed by atoms with van der Waals surface area (Å²) >= 11 is 0. The Labute approximate surface area is 103 Å². The van der Waals surface area contributed by atoms with Gasteiger partial charge in [0.15, 0.2) is 0 Å². The SMILES string of the molecule is CCCc1ccc(C(=O)OO[CH]C(C)C)cc1. The van der Waals surface area contributed by atoms with Gasteiger partial charge >= 0.3 is 5.97 Å². The van der Waals surface area contributed by atoms with E-state index in [4.69, 9.17) is 4.89 Å². The zero-order valence-corrected chi connectivity index (χ0v) is 10.6. The minimum absolute atomic E-state index is 0.217. The number of carbonyl (C=O) groups excluding carboxylic acids is 1. The monoisotopic (exact) mass is 235 g/mol. The Kier molecular flexibility index (Phi) is 5.70. The molecule has 0 aliphatic heterocycles. The van der Waals surface area contributed by atoms with E-state index in [1.807, 2.05) is 26.0 Å². The third-order valence-corrected chi connectivity index (χ3v) is 2.18. The van der Waals surface area contributed by atoms with Crippen molar-refractivity contribution in [3.63, 3.8) is 0 Å². The van der Waals surface area contributed by atoms with Gasteiger partial charge in [0.2, 0.25) is 0 Å². The lowest BCUT2D eigenvalue weighted by Gasteiger charge is -2.05. The average molecular weight is 235 g/mol. The molecule has 0 N–H and O–H groups in total. The molecule has 0 amide bonds. The molecule has 0 saturated heterocycles. The Balaban J connectivity index is 2.46. The zero-order chi connectivity index (χ0) is 12.7. The molecule has 93 valence electrons. The van der Waals surface area contributed by atoms with E-state index in [1.54, 1.807) is 12.1 Å². The molecule has 0 aromatic heterocycles. The maximum absolute atomic E-state index is 11.5. The predicted molar refractivity (Wildman–Crippen MR) is 66.1 cm³/mol. The van der Waals surface area contributed by atoms with Gasteiger partial charge in [-0.05, 0) is 30.0 Å². The van der Waals surface area contributed by atoms with Gasteiger partial charge in [0, 0.05) is 0 Å². The Morgan fingerprint density at radius 3 is 2.47 bits per heavy atom. The molecular formula is C14H19O3. The Bertz CT molecular complexity index is 341. The number of aryl methyl sites for hydroxylation is 1. The number of hydrogen-bond donors (Lipinski definition) is 0. The second-order valence-electron chi connectivity index (χ2n) is 4.29. The van der Waals surface area contributed by atoms with Crippen LogP contribution >= 0.6 is 0 Å². The first-order chi connectivity index (χ1) is 8.13. The fraction of sp³-hybridized carbons (Fsp3) is 0.429. The number of hydrogen-bond acceptors (Lipinski definition) is 3. The normalized spacial score (nSPS) is 10.6. The second kappa shape index (κ2) is 7.07. The van der Waals surface area contributed by atoms with Crippen LogP contribution in [0.4, 0.5) is 0 Å². The summed E-state index contributed by atoms with van der Waals surface area (Å²) in [6, 6.07) is 7.39. The summed E-state index contributed by atoms with van der Waals surface area (Å²) in [7, 11) is 0. The van der Waals surface area contributed by atoms with Crippen molar-refractivity contribution in [1.29, 1.82) is 0 Å². The first-order valence-corrected chi connectivity index (χ1v) is 5.93. The molecule has 3 heteroatoms. The minimum atomic E-state index is -0.468. The summed E-state index contributed by atoms with van der Waals surface area (Å²) in [6.45, 7) is 7.47. The molecule has 0 bridgehead atoms. The highest BCUT2D eigenvalue weighted by Gasteiger charge is 2.08. The van der Waals surface area contributed by atoms with E-state index in [0.717, 1.165) is 12.8 Å². The predicted octanol–water partition coefficient (Wildman–Crippen LogP) is 3.55. The molecule has 0 atom stereocenters. The van der Waals surface area contributed by atoms with Crippen LogP contribution in [0.25, 0.3) is 0 Å². The van der Waals surface area contributed by atoms with Gasteiger partial charge < -0.3 is 0 Å². The van der Waals surface area contributed by atoms with Crippen LogP contribution in [0.3, 0.4) is 0 Å². The van der Waals surface area contributed by atoms with Crippen molar-refractivity contribution in [2.45, 2.75) is 33.6 Å². The highest BCUT2D eigenvalue weighted by atomic mass is 17.2. The molecule has 0 saturated carbocycles.